The SMILES string of the molecule is C[C@H](NC(=O)[C@@H]1Cc2ccccc2O1)c1ccc(S(N)(=O)=O)cc1. The van der Waals surface area contributed by atoms with Gasteiger partial charge in [-0.15, -0.1) is 0 Å². The number of nitrogens with two attached hydrogens (primary N) is 1. The zero-order valence-corrected chi connectivity index (χ0v) is 13.9. The van der Waals surface area contributed by atoms with E-state index in [1.165, 1.54) is 12.1 Å². The Morgan fingerprint density at radius 1 is 1.21 bits per heavy atom. The number of hydrogen-bond acceptors (Lipinski definition) is 4. The highest BCUT2D eigenvalue weighted by atomic mass is 32.2. The third-order valence-electron chi connectivity index (χ3n) is 4.01. The van der Waals surface area contributed by atoms with E-state index in [0.29, 0.717) is 6.42 Å². The van der Waals surface area contributed by atoms with Crippen molar-refractivity contribution in [2.45, 2.75) is 30.4 Å². The third kappa shape index (κ3) is 3.42. The first-order chi connectivity index (χ1) is 11.3. The lowest BCUT2D eigenvalue weighted by atomic mass is 10.1. The van der Waals surface area contributed by atoms with Gasteiger partial charge in [-0.2, -0.15) is 0 Å². The highest BCUT2D eigenvalue weighted by Crippen LogP contribution is 2.28. The van der Waals surface area contributed by atoms with Gasteiger partial charge in [0.15, 0.2) is 6.10 Å². The van der Waals surface area contributed by atoms with Crippen LogP contribution in [0.25, 0.3) is 0 Å². The minimum atomic E-state index is -3.72. The summed E-state index contributed by atoms with van der Waals surface area (Å²) in [7, 11) is -3.72. The van der Waals surface area contributed by atoms with E-state index in [2.05, 4.69) is 5.32 Å². The molecule has 0 saturated carbocycles. The number of benzene rings is 2. The van der Waals surface area contributed by atoms with Crippen LogP contribution in [0.4, 0.5) is 0 Å². The molecule has 0 fully saturated rings. The Bertz CT molecular complexity index is 837. The van der Waals surface area contributed by atoms with Crippen LogP contribution < -0.4 is 15.2 Å². The van der Waals surface area contributed by atoms with Gasteiger partial charge in [0.1, 0.15) is 5.75 Å². The molecule has 0 aromatic heterocycles. The molecule has 126 valence electrons. The van der Waals surface area contributed by atoms with Gasteiger partial charge in [0.05, 0.1) is 10.9 Å². The fraction of sp³-hybridized carbons (Fsp3) is 0.235. The number of fused-ring (bicyclic) bond motifs is 1. The Morgan fingerprint density at radius 2 is 1.88 bits per heavy atom. The van der Waals surface area contributed by atoms with Crippen LogP contribution in [0.1, 0.15) is 24.1 Å². The van der Waals surface area contributed by atoms with E-state index in [1.807, 2.05) is 31.2 Å². The van der Waals surface area contributed by atoms with Crippen LogP contribution in [0, 0.1) is 0 Å². The standard InChI is InChI=1S/C17H18N2O4S/c1-11(12-6-8-14(9-7-12)24(18,21)22)19-17(20)16-10-13-4-2-3-5-15(13)23-16/h2-9,11,16H,10H2,1H3,(H,19,20)(H2,18,21,22)/t11-,16-/m0/s1. The van der Waals surface area contributed by atoms with Crippen molar-refractivity contribution in [3.8, 4) is 5.75 Å². The fourth-order valence-corrected chi connectivity index (χ4v) is 3.18. The van der Waals surface area contributed by atoms with Crippen LogP contribution in [-0.2, 0) is 21.2 Å². The van der Waals surface area contributed by atoms with Gasteiger partial charge in [-0.05, 0) is 36.2 Å². The second-order valence-electron chi connectivity index (χ2n) is 5.76. The van der Waals surface area contributed by atoms with Crippen molar-refractivity contribution in [2.75, 3.05) is 0 Å². The number of amides is 1. The van der Waals surface area contributed by atoms with Crippen molar-refractivity contribution < 1.29 is 17.9 Å². The van der Waals surface area contributed by atoms with Crippen LogP contribution in [0.3, 0.4) is 0 Å². The molecule has 0 unspecified atom stereocenters. The van der Waals surface area contributed by atoms with E-state index in [-0.39, 0.29) is 16.8 Å². The molecular formula is C17H18N2O4S. The molecule has 2 aromatic rings. The number of carbonyl (C=O) groups excluding carboxylic acids is 1. The number of ether oxygens (including phenoxy) is 1. The van der Waals surface area contributed by atoms with E-state index >= 15 is 0 Å². The van der Waals surface area contributed by atoms with Gasteiger partial charge in [-0.25, -0.2) is 13.6 Å². The number of carbonyl (C=O) groups is 1. The zero-order valence-electron chi connectivity index (χ0n) is 13.1. The number of rotatable bonds is 4. The smallest absolute Gasteiger partial charge is 0.261 e. The Kier molecular flexibility index (Phi) is 4.29. The number of sulfonamides is 1. The average molecular weight is 346 g/mol. The molecule has 1 aliphatic rings. The van der Waals surface area contributed by atoms with Crippen LogP contribution in [-0.4, -0.2) is 20.4 Å². The fourth-order valence-electron chi connectivity index (χ4n) is 2.66. The van der Waals surface area contributed by atoms with E-state index < -0.39 is 16.1 Å². The molecule has 0 saturated heterocycles. The molecule has 7 heteroatoms. The molecule has 1 heterocycles. The normalized spacial score (nSPS) is 17.7. The van der Waals surface area contributed by atoms with Crippen LogP contribution in [0.2, 0.25) is 0 Å². The van der Waals surface area contributed by atoms with Crippen LogP contribution in [0.5, 0.6) is 5.75 Å². The third-order valence-corrected chi connectivity index (χ3v) is 4.94. The predicted octanol–water partition coefficient (Wildman–Crippen LogP) is 1.51. The summed E-state index contributed by atoms with van der Waals surface area (Å²) in [4.78, 5) is 12.4. The topological polar surface area (TPSA) is 98.5 Å². The van der Waals surface area contributed by atoms with Gasteiger partial charge < -0.3 is 10.1 Å². The van der Waals surface area contributed by atoms with Crippen molar-refractivity contribution in [1.82, 2.24) is 5.32 Å². The first-order valence-corrected chi connectivity index (χ1v) is 9.07. The van der Waals surface area contributed by atoms with Crippen molar-refractivity contribution in [1.29, 1.82) is 0 Å². The summed E-state index contributed by atoms with van der Waals surface area (Å²) in [6.07, 6.45) is -0.00689. The van der Waals surface area contributed by atoms with Crippen LogP contribution >= 0.6 is 0 Å². The lowest BCUT2D eigenvalue weighted by Crippen LogP contribution is -2.38. The maximum atomic E-state index is 12.4. The van der Waals surface area contributed by atoms with Crippen molar-refractivity contribution in [3.63, 3.8) is 0 Å². The molecule has 1 amide bonds. The van der Waals surface area contributed by atoms with Gasteiger partial charge in [0.2, 0.25) is 10.0 Å². The molecule has 2 atom stereocenters. The van der Waals surface area contributed by atoms with E-state index in [4.69, 9.17) is 9.88 Å². The number of primary sulfonamides is 1. The van der Waals surface area contributed by atoms with Gasteiger partial charge in [0, 0.05) is 6.42 Å². The summed E-state index contributed by atoms with van der Waals surface area (Å²) in [5, 5.41) is 7.96. The first kappa shape index (κ1) is 16.5. The van der Waals surface area contributed by atoms with E-state index in [1.54, 1.807) is 12.1 Å². The second kappa shape index (κ2) is 6.26. The van der Waals surface area contributed by atoms with Crippen molar-refractivity contribution in [2.24, 2.45) is 5.14 Å². The number of nitrogens with one attached hydrogen (secondary N) is 1. The number of para-hydroxylation sites is 1. The summed E-state index contributed by atoms with van der Waals surface area (Å²) < 4.78 is 28.2. The molecule has 1 aliphatic heterocycles. The minimum absolute atomic E-state index is 0.0411. The molecule has 2 aromatic carbocycles. The lowest BCUT2D eigenvalue weighted by Gasteiger charge is -2.17. The monoisotopic (exact) mass is 346 g/mol. The summed E-state index contributed by atoms with van der Waals surface area (Å²) >= 11 is 0. The largest absolute Gasteiger partial charge is 0.480 e. The van der Waals surface area contributed by atoms with E-state index in [9.17, 15) is 13.2 Å². The van der Waals surface area contributed by atoms with E-state index in [0.717, 1.165) is 16.9 Å². The molecule has 3 N–H and O–H groups in total. The highest BCUT2D eigenvalue weighted by molar-refractivity contribution is 7.89. The van der Waals surface area contributed by atoms with Crippen LogP contribution in [0.15, 0.2) is 53.4 Å². The molecule has 0 spiro atoms. The van der Waals surface area contributed by atoms with Gasteiger partial charge >= 0.3 is 0 Å². The molecule has 6 nitrogen and oxygen atoms in total. The summed E-state index contributed by atoms with van der Waals surface area (Å²) in [5.41, 5.74) is 1.80. The quantitative estimate of drug-likeness (QED) is 0.877. The van der Waals surface area contributed by atoms with Gasteiger partial charge in [0.25, 0.3) is 5.91 Å². The van der Waals surface area contributed by atoms with Gasteiger partial charge in [-0.1, -0.05) is 30.3 Å². The summed E-state index contributed by atoms with van der Waals surface area (Å²) in [6, 6.07) is 13.4. The second-order valence-corrected chi connectivity index (χ2v) is 7.32. The maximum absolute atomic E-state index is 12.4. The predicted molar refractivity (Wildman–Crippen MR) is 88.9 cm³/mol. The zero-order chi connectivity index (χ0) is 17.3. The van der Waals surface area contributed by atoms with Gasteiger partial charge in [-0.3, -0.25) is 4.79 Å². The summed E-state index contributed by atoms with van der Waals surface area (Å²) in [6.45, 7) is 1.83. The number of hydrogen-bond donors (Lipinski definition) is 2. The molecule has 0 bridgehead atoms. The molecule has 24 heavy (non-hydrogen) atoms. The molecule has 0 aliphatic carbocycles. The minimum Gasteiger partial charge on any atom is -0.480 e. The lowest BCUT2D eigenvalue weighted by molar-refractivity contribution is -0.127. The molecule has 0 radical (unpaired) electrons. The molecule has 3 rings (SSSR count). The Labute approximate surface area is 140 Å². The van der Waals surface area contributed by atoms with Crippen molar-refractivity contribution >= 4 is 15.9 Å². The Morgan fingerprint density at radius 3 is 2.50 bits per heavy atom. The van der Waals surface area contributed by atoms with Crippen molar-refractivity contribution in [3.05, 3.63) is 59.7 Å². The Balaban J connectivity index is 1.65. The highest BCUT2D eigenvalue weighted by Gasteiger charge is 2.29. The Hall–Kier alpha value is -2.38. The first-order valence-electron chi connectivity index (χ1n) is 7.52. The summed E-state index contributed by atoms with van der Waals surface area (Å²) in [5.74, 6) is 0.539. The molecular weight excluding hydrogens is 328 g/mol. The average Bonchev–Trinajstić information content (AvgIpc) is 2.98. The maximum Gasteiger partial charge on any atom is 0.261 e.